The van der Waals surface area contributed by atoms with Crippen LogP contribution in [0.25, 0.3) is 0 Å². The number of thiazole rings is 1. The summed E-state index contributed by atoms with van der Waals surface area (Å²) in [6.07, 6.45) is 0. The van der Waals surface area contributed by atoms with Crippen LogP contribution in [0.2, 0.25) is 5.15 Å². The van der Waals surface area contributed by atoms with Gasteiger partial charge < -0.3 is 5.11 Å². The minimum Gasteiger partial charge on any atom is -0.481 e. The van der Waals surface area contributed by atoms with Gasteiger partial charge in [-0.05, 0) is 0 Å². The lowest BCUT2D eigenvalue weighted by atomic mass is 10.8. The van der Waals surface area contributed by atoms with Gasteiger partial charge in [-0.15, -0.1) is 11.3 Å². The summed E-state index contributed by atoms with van der Waals surface area (Å²) >= 11 is 8.04. The van der Waals surface area contributed by atoms with E-state index in [1.807, 2.05) is 0 Å². The molecule has 0 saturated carbocycles. The number of carboxylic acid groups (broad SMARTS) is 1. The highest BCUT2D eigenvalue weighted by molar-refractivity contribution is 8.01. The van der Waals surface area contributed by atoms with Crippen molar-refractivity contribution in [3.63, 3.8) is 0 Å². The van der Waals surface area contributed by atoms with Crippen molar-refractivity contribution in [2.75, 3.05) is 5.75 Å². The van der Waals surface area contributed by atoms with Crippen molar-refractivity contribution in [1.29, 1.82) is 0 Å². The van der Waals surface area contributed by atoms with E-state index in [-0.39, 0.29) is 5.75 Å². The third-order valence-electron chi connectivity index (χ3n) is 0.774. The molecule has 0 saturated heterocycles. The Hall–Kier alpha value is -0.260. The average Bonchev–Trinajstić information content (AvgIpc) is 2.31. The summed E-state index contributed by atoms with van der Waals surface area (Å²) in [7, 11) is 0. The predicted octanol–water partition coefficient (Wildman–Crippen LogP) is 1.97. The summed E-state index contributed by atoms with van der Waals surface area (Å²) in [4.78, 5) is 14.0. The van der Waals surface area contributed by atoms with Gasteiger partial charge in [-0.2, -0.15) is 0 Å². The van der Waals surface area contributed by atoms with Gasteiger partial charge in [0.15, 0.2) is 4.34 Å². The second-order valence-electron chi connectivity index (χ2n) is 1.62. The smallest absolute Gasteiger partial charge is 0.313 e. The quantitative estimate of drug-likeness (QED) is 0.774. The van der Waals surface area contributed by atoms with E-state index in [9.17, 15) is 4.79 Å². The first-order chi connectivity index (χ1) is 5.18. The number of thioether (sulfide) groups is 1. The van der Waals surface area contributed by atoms with Crippen LogP contribution in [-0.2, 0) is 4.79 Å². The van der Waals surface area contributed by atoms with E-state index in [0.717, 1.165) is 0 Å². The fourth-order valence-electron chi connectivity index (χ4n) is 0.429. The standard InChI is InChI=1S/C5H4ClNO2S2/c6-3-1-10-5(7-3)11-2-4(8)9/h1H,2H2,(H,8,9). The zero-order valence-electron chi connectivity index (χ0n) is 5.28. The van der Waals surface area contributed by atoms with Gasteiger partial charge in [-0.25, -0.2) is 4.98 Å². The van der Waals surface area contributed by atoms with Crippen LogP contribution in [0.1, 0.15) is 0 Å². The van der Waals surface area contributed by atoms with Crippen LogP contribution in [0.5, 0.6) is 0 Å². The first-order valence-electron chi connectivity index (χ1n) is 2.64. The molecule has 1 heterocycles. The third kappa shape index (κ3) is 3.09. The van der Waals surface area contributed by atoms with Crippen molar-refractivity contribution in [2.24, 2.45) is 0 Å². The van der Waals surface area contributed by atoms with Gasteiger partial charge in [0.05, 0.1) is 5.75 Å². The lowest BCUT2D eigenvalue weighted by Gasteiger charge is -1.88. The number of nitrogens with zero attached hydrogens (tertiary/aromatic N) is 1. The highest BCUT2D eigenvalue weighted by Crippen LogP contribution is 2.24. The molecule has 0 amide bonds. The average molecular weight is 210 g/mol. The van der Waals surface area contributed by atoms with Crippen molar-refractivity contribution in [2.45, 2.75) is 4.34 Å². The van der Waals surface area contributed by atoms with Gasteiger partial charge in [0, 0.05) is 5.38 Å². The lowest BCUT2D eigenvalue weighted by Crippen LogP contribution is -1.96. The van der Waals surface area contributed by atoms with Gasteiger partial charge in [0.1, 0.15) is 5.15 Å². The summed E-state index contributed by atoms with van der Waals surface area (Å²) in [6.45, 7) is 0. The Morgan fingerprint density at radius 1 is 1.91 bits per heavy atom. The highest BCUT2D eigenvalue weighted by Gasteiger charge is 2.02. The van der Waals surface area contributed by atoms with Gasteiger partial charge in [0.25, 0.3) is 0 Å². The number of aliphatic carboxylic acids is 1. The molecule has 6 heteroatoms. The van der Waals surface area contributed by atoms with E-state index in [2.05, 4.69) is 4.98 Å². The Balaban J connectivity index is 2.45. The molecule has 0 radical (unpaired) electrons. The number of hydrogen-bond acceptors (Lipinski definition) is 4. The van der Waals surface area contributed by atoms with Gasteiger partial charge in [0.2, 0.25) is 0 Å². The number of rotatable bonds is 3. The molecule has 1 aromatic heterocycles. The molecule has 11 heavy (non-hydrogen) atoms. The molecule has 1 N–H and O–H groups in total. The topological polar surface area (TPSA) is 50.2 Å². The van der Waals surface area contributed by atoms with E-state index >= 15 is 0 Å². The second-order valence-corrected chi connectivity index (χ2v) is 4.09. The molecule has 0 bridgehead atoms. The zero-order valence-corrected chi connectivity index (χ0v) is 7.67. The molecular weight excluding hydrogens is 206 g/mol. The maximum absolute atomic E-state index is 10.1. The molecule has 0 atom stereocenters. The SMILES string of the molecule is O=C(O)CSc1nc(Cl)cs1. The van der Waals surface area contributed by atoms with Crippen LogP contribution in [-0.4, -0.2) is 21.8 Å². The molecule has 0 unspecified atom stereocenters. The Kier molecular flexibility index (Phi) is 3.16. The number of aromatic nitrogens is 1. The first-order valence-corrected chi connectivity index (χ1v) is 4.88. The monoisotopic (exact) mass is 209 g/mol. The molecule has 0 aromatic carbocycles. The van der Waals surface area contributed by atoms with Gasteiger partial charge >= 0.3 is 5.97 Å². The Labute approximate surface area is 76.4 Å². The van der Waals surface area contributed by atoms with Crippen molar-refractivity contribution in [3.05, 3.63) is 10.5 Å². The predicted molar refractivity (Wildman–Crippen MR) is 45.5 cm³/mol. The minimum atomic E-state index is -0.846. The maximum atomic E-state index is 10.1. The van der Waals surface area contributed by atoms with Crippen LogP contribution >= 0.6 is 34.7 Å². The number of carbonyl (C=O) groups is 1. The fraction of sp³-hybridized carbons (Fsp3) is 0.200. The Morgan fingerprint density at radius 3 is 3.09 bits per heavy atom. The fourth-order valence-corrected chi connectivity index (χ4v) is 2.15. The van der Waals surface area contributed by atoms with Gasteiger partial charge in [-0.1, -0.05) is 23.4 Å². The number of carboxylic acids is 1. The Morgan fingerprint density at radius 2 is 2.64 bits per heavy atom. The minimum absolute atomic E-state index is 0.0316. The largest absolute Gasteiger partial charge is 0.481 e. The molecule has 1 rings (SSSR count). The maximum Gasteiger partial charge on any atom is 0.313 e. The van der Waals surface area contributed by atoms with E-state index in [1.54, 1.807) is 5.38 Å². The molecule has 0 aliphatic carbocycles. The molecule has 1 aromatic rings. The van der Waals surface area contributed by atoms with Crippen LogP contribution in [0.3, 0.4) is 0 Å². The van der Waals surface area contributed by atoms with Crippen molar-refractivity contribution in [1.82, 2.24) is 4.98 Å². The molecule has 60 valence electrons. The van der Waals surface area contributed by atoms with Crippen LogP contribution in [0, 0.1) is 0 Å². The second kappa shape index (κ2) is 3.94. The number of halogens is 1. The Bertz CT molecular complexity index is 263. The number of hydrogen-bond donors (Lipinski definition) is 1. The molecule has 0 fully saturated rings. The lowest BCUT2D eigenvalue weighted by molar-refractivity contribution is -0.133. The summed E-state index contributed by atoms with van der Waals surface area (Å²) < 4.78 is 0.692. The molecular formula is C5H4ClNO2S2. The molecule has 0 aliphatic rings. The summed E-state index contributed by atoms with van der Waals surface area (Å²) in [6, 6.07) is 0. The summed E-state index contributed by atoms with van der Waals surface area (Å²) in [5, 5.41) is 10.4. The van der Waals surface area contributed by atoms with Gasteiger partial charge in [-0.3, -0.25) is 4.79 Å². The van der Waals surface area contributed by atoms with Crippen LogP contribution < -0.4 is 0 Å². The van der Waals surface area contributed by atoms with Crippen LogP contribution in [0.15, 0.2) is 9.72 Å². The molecule has 0 aliphatic heterocycles. The van der Waals surface area contributed by atoms with E-state index < -0.39 is 5.97 Å². The zero-order chi connectivity index (χ0) is 8.27. The first kappa shape index (κ1) is 8.83. The van der Waals surface area contributed by atoms with E-state index in [4.69, 9.17) is 16.7 Å². The third-order valence-corrected chi connectivity index (χ3v) is 3.10. The molecule has 0 spiro atoms. The van der Waals surface area contributed by atoms with E-state index in [0.29, 0.717) is 9.49 Å². The highest BCUT2D eigenvalue weighted by atomic mass is 35.5. The summed E-state index contributed by atoms with van der Waals surface area (Å²) in [5.74, 6) is -0.814. The summed E-state index contributed by atoms with van der Waals surface area (Å²) in [5.41, 5.74) is 0. The van der Waals surface area contributed by atoms with Crippen molar-refractivity contribution >= 4 is 40.7 Å². The van der Waals surface area contributed by atoms with Crippen molar-refractivity contribution < 1.29 is 9.90 Å². The van der Waals surface area contributed by atoms with E-state index in [1.165, 1.54) is 23.1 Å². The van der Waals surface area contributed by atoms with Crippen molar-refractivity contribution in [3.8, 4) is 0 Å². The normalized spacial score (nSPS) is 9.91. The van der Waals surface area contributed by atoms with Crippen LogP contribution in [0.4, 0.5) is 0 Å². The molecule has 3 nitrogen and oxygen atoms in total.